The van der Waals surface area contributed by atoms with E-state index in [1.54, 1.807) is 6.20 Å². The van der Waals surface area contributed by atoms with Crippen LogP contribution in [0.5, 0.6) is 0 Å². The van der Waals surface area contributed by atoms with Crippen molar-refractivity contribution in [1.29, 1.82) is 5.26 Å². The molecule has 1 aromatic carbocycles. The quantitative estimate of drug-likeness (QED) is 0.803. The minimum absolute atomic E-state index is 0.684. The summed E-state index contributed by atoms with van der Waals surface area (Å²) in [4.78, 5) is 6.21. The molecule has 17 heavy (non-hydrogen) atoms. The molecule has 0 saturated heterocycles. The normalized spacial score (nSPS) is 9.65. The van der Waals surface area contributed by atoms with Crippen molar-refractivity contribution < 1.29 is 0 Å². The molecule has 0 atom stereocenters. The first kappa shape index (κ1) is 11.2. The molecule has 0 spiro atoms. The molecule has 0 bridgehead atoms. The van der Waals surface area contributed by atoms with Crippen molar-refractivity contribution in [2.75, 3.05) is 11.9 Å². The van der Waals surface area contributed by atoms with Crippen LogP contribution >= 0.6 is 0 Å². The Labute approximate surface area is 101 Å². The maximum absolute atomic E-state index is 8.73. The molecule has 0 unspecified atom stereocenters. The summed E-state index contributed by atoms with van der Waals surface area (Å²) < 4.78 is 0. The molecule has 0 aliphatic carbocycles. The van der Waals surface area contributed by atoms with Crippen LogP contribution in [-0.4, -0.2) is 12.0 Å². The molecule has 84 valence electrons. The summed E-state index contributed by atoms with van der Waals surface area (Å²) in [5, 5.41) is 8.73. The fourth-order valence-corrected chi connectivity index (χ4v) is 1.65. The van der Waals surface area contributed by atoms with Gasteiger partial charge in [0.25, 0.3) is 0 Å². The molecule has 0 aliphatic rings. The number of pyridine rings is 1. The number of benzene rings is 1. The predicted octanol–water partition coefficient (Wildman–Crippen LogP) is 2.59. The van der Waals surface area contributed by atoms with E-state index in [0.29, 0.717) is 5.56 Å². The van der Waals surface area contributed by atoms with Crippen LogP contribution in [0.25, 0.3) is 0 Å². The molecule has 0 fully saturated rings. The molecule has 0 saturated carbocycles. The van der Waals surface area contributed by atoms with Gasteiger partial charge in [-0.25, -0.2) is 0 Å². The highest BCUT2D eigenvalue weighted by Gasteiger charge is 2.01. The molecule has 0 radical (unpaired) electrons. The predicted molar refractivity (Wildman–Crippen MR) is 67.5 cm³/mol. The van der Waals surface area contributed by atoms with Gasteiger partial charge in [-0.3, -0.25) is 4.98 Å². The summed E-state index contributed by atoms with van der Waals surface area (Å²) in [5.41, 5.74) is 2.94. The summed E-state index contributed by atoms with van der Waals surface area (Å²) in [6.45, 7) is 0.805. The number of rotatable bonds is 3. The van der Waals surface area contributed by atoms with E-state index in [0.717, 1.165) is 12.2 Å². The van der Waals surface area contributed by atoms with E-state index < -0.39 is 0 Å². The van der Waals surface area contributed by atoms with E-state index in [1.165, 1.54) is 5.56 Å². The highest BCUT2D eigenvalue weighted by Crippen LogP contribution is 2.15. The largest absolute Gasteiger partial charge is 0.370 e. The molecule has 0 amide bonds. The lowest BCUT2D eigenvalue weighted by atomic mass is 10.2. The summed E-state index contributed by atoms with van der Waals surface area (Å²) >= 11 is 0. The van der Waals surface area contributed by atoms with Gasteiger partial charge in [0.1, 0.15) is 0 Å². The highest BCUT2D eigenvalue weighted by atomic mass is 15.1. The maximum atomic E-state index is 8.73. The van der Waals surface area contributed by atoms with Gasteiger partial charge in [-0.15, -0.1) is 0 Å². The Kier molecular flexibility index (Phi) is 3.37. The second-order valence-electron chi connectivity index (χ2n) is 3.88. The number of hydrogen-bond donors (Lipinski definition) is 0. The van der Waals surface area contributed by atoms with Crippen LogP contribution in [0.3, 0.4) is 0 Å². The Morgan fingerprint density at radius 3 is 2.59 bits per heavy atom. The van der Waals surface area contributed by atoms with Crippen molar-refractivity contribution in [2.24, 2.45) is 0 Å². The number of hydrogen-bond acceptors (Lipinski definition) is 3. The summed E-state index contributed by atoms with van der Waals surface area (Å²) in [7, 11) is 2.02. The molecule has 2 rings (SSSR count). The topological polar surface area (TPSA) is 39.9 Å². The minimum atomic E-state index is 0.684. The third-order valence-corrected chi connectivity index (χ3v) is 2.58. The average molecular weight is 223 g/mol. The van der Waals surface area contributed by atoms with E-state index in [1.807, 2.05) is 49.6 Å². The molecule has 1 aromatic heterocycles. The summed E-state index contributed by atoms with van der Waals surface area (Å²) in [6, 6.07) is 13.7. The SMILES string of the molecule is CN(Cc1cccnc1)c1ccc(C#N)cc1. The van der Waals surface area contributed by atoms with Crippen LogP contribution in [0.1, 0.15) is 11.1 Å². The smallest absolute Gasteiger partial charge is 0.0991 e. The van der Waals surface area contributed by atoms with Crippen molar-refractivity contribution in [2.45, 2.75) is 6.54 Å². The van der Waals surface area contributed by atoms with Gasteiger partial charge in [0.05, 0.1) is 11.6 Å². The second-order valence-corrected chi connectivity index (χ2v) is 3.88. The average Bonchev–Trinajstić information content (AvgIpc) is 2.40. The summed E-state index contributed by atoms with van der Waals surface area (Å²) in [6.07, 6.45) is 3.63. The third-order valence-electron chi connectivity index (χ3n) is 2.58. The van der Waals surface area contributed by atoms with Crippen molar-refractivity contribution in [1.82, 2.24) is 4.98 Å². The molecular formula is C14H13N3. The van der Waals surface area contributed by atoms with E-state index in [-0.39, 0.29) is 0 Å². The first-order valence-electron chi connectivity index (χ1n) is 5.40. The van der Waals surface area contributed by atoms with Gasteiger partial charge in [-0.2, -0.15) is 5.26 Å². The van der Waals surface area contributed by atoms with Crippen molar-refractivity contribution in [3.63, 3.8) is 0 Å². The zero-order valence-electron chi connectivity index (χ0n) is 9.67. The maximum Gasteiger partial charge on any atom is 0.0991 e. The van der Waals surface area contributed by atoms with Crippen LogP contribution in [-0.2, 0) is 6.54 Å². The van der Waals surface area contributed by atoms with Crippen molar-refractivity contribution in [3.05, 3.63) is 59.9 Å². The lowest BCUT2D eigenvalue weighted by Gasteiger charge is -2.19. The standard InChI is InChI=1S/C14H13N3/c1-17(11-13-3-2-8-16-10-13)14-6-4-12(9-15)5-7-14/h2-8,10H,11H2,1H3. The van der Waals surface area contributed by atoms with E-state index >= 15 is 0 Å². The molecule has 3 heteroatoms. The van der Waals surface area contributed by atoms with E-state index in [9.17, 15) is 0 Å². The van der Waals surface area contributed by atoms with E-state index in [4.69, 9.17) is 5.26 Å². The number of aromatic nitrogens is 1. The fraction of sp³-hybridized carbons (Fsp3) is 0.143. The first-order chi connectivity index (χ1) is 8.29. The summed E-state index contributed by atoms with van der Waals surface area (Å²) in [5.74, 6) is 0. The Morgan fingerprint density at radius 2 is 2.00 bits per heavy atom. The van der Waals surface area contributed by atoms with Gasteiger partial charge in [-0.1, -0.05) is 6.07 Å². The Balaban J connectivity index is 2.10. The molecule has 0 N–H and O–H groups in total. The zero-order chi connectivity index (χ0) is 12.1. The zero-order valence-corrected chi connectivity index (χ0v) is 9.67. The van der Waals surface area contributed by atoms with Crippen LogP contribution in [0.15, 0.2) is 48.8 Å². The van der Waals surface area contributed by atoms with Gasteiger partial charge in [0, 0.05) is 31.7 Å². The fourth-order valence-electron chi connectivity index (χ4n) is 1.65. The second kappa shape index (κ2) is 5.13. The van der Waals surface area contributed by atoms with Gasteiger partial charge < -0.3 is 4.90 Å². The molecular weight excluding hydrogens is 210 g/mol. The van der Waals surface area contributed by atoms with Gasteiger partial charge >= 0.3 is 0 Å². The Bertz CT molecular complexity index is 511. The Hall–Kier alpha value is -2.34. The van der Waals surface area contributed by atoms with Crippen LogP contribution in [0, 0.1) is 11.3 Å². The lowest BCUT2D eigenvalue weighted by molar-refractivity contribution is 0.915. The monoisotopic (exact) mass is 223 g/mol. The van der Waals surface area contributed by atoms with Crippen molar-refractivity contribution >= 4 is 5.69 Å². The minimum Gasteiger partial charge on any atom is -0.370 e. The lowest BCUT2D eigenvalue weighted by Crippen LogP contribution is -2.16. The van der Waals surface area contributed by atoms with Gasteiger partial charge in [0.15, 0.2) is 0 Å². The van der Waals surface area contributed by atoms with Crippen LogP contribution < -0.4 is 4.90 Å². The Morgan fingerprint density at radius 1 is 1.24 bits per heavy atom. The molecule has 3 nitrogen and oxygen atoms in total. The third kappa shape index (κ3) is 2.82. The van der Waals surface area contributed by atoms with Crippen molar-refractivity contribution in [3.8, 4) is 6.07 Å². The van der Waals surface area contributed by atoms with Crippen LogP contribution in [0.2, 0.25) is 0 Å². The van der Waals surface area contributed by atoms with Crippen LogP contribution in [0.4, 0.5) is 5.69 Å². The number of nitrogens with zero attached hydrogens (tertiary/aromatic N) is 3. The first-order valence-corrected chi connectivity index (χ1v) is 5.40. The molecule has 1 heterocycles. The van der Waals surface area contributed by atoms with Gasteiger partial charge in [0.2, 0.25) is 0 Å². The molecule has 0 aliphatic heterocycles. The molecule has 2 aromatic rings. The van der Waals surface area contributed by atoms with Gasteiger partial charge in [-0.05, 0) is 35.9 Å². The highest BCUT2D eigenvalue weighted by molar-refractivity contribution is 5.49. The number of anilines is 1. The number of nitriles is 1. The van der Waals surface area contributed by atoms with E-state index in [2.05, 4.69) is 16.0 Å².